The van der Waals surface area contributed by atoms with Gasteiger partial charge in [0, 0.05) is 12.2 Å². The summed E-state index contributed by atoms with van der Waals surface area (Å²) < 4.78 is 5.31. The Morgan fingerprint density at radius 2 is 2.28 bits per heavy atom. The average molecular weight is 248 g/mol. The minimum atomic E-state index is -1.05. The average Bonchev–Trinajstić information content (AvgIpc) is 2.87. The second-order valence-electron chi connectivity index (χ2n) is 4.87. The van der Waals surface area contributed by atoms with Crippen molar-refractivity contribution >= 4 is 12.0 Å². The van der Waals surface area contributed by atoms with Crippen molar-refractivity contribution in [2.45, 2.75) is 32.1 Å². The van der Waals surface area contributed by atoms with Gasteiger partial charge in [0.15, 0.2) is 5.69 Å². The Morgan fingerprint density at radius 1 is 1.44 bits per heavy atom. The van der Waals surface area contributed by atoms with Crippen LogP contribution in [-0.2, 0) is 0 Å². The van der Waals surface area contributed by atoms with Crippen molar-refractivity contribution in [3.63, 3.8) is 0 Å². The van der Waals surface area contributed by atoms with Crippen LogP contribution in [0.25, 0.3) is 0 Å². The van der Waals surface area contributed by atoms with Crippen molar-refractivity contribution < 1.29 is 14.3 Å². The zero-order valence-corrected chi connectivity index (χ0v) is 10.1. The molecule has 1 aliphatic heterocycles. The highest BCUT2D eigenvalue weighted by Crippen LogP contribution is 2.37. The van der Waals surface area contributed by atoms with Crippen LogP contribution in [0.2, 0.25) is 0 Å². The number of nitrogens with zero attached hydrogens (tertiary/aromatic N) is 2. The Kier molecular flexibility index (Phi) is 2.81. The Labute approximate surface area is 105 Å². The summed E-state index contributed by atoms with van der Waals surface area (Å²) in [7, 11) is 0. The van der Waals surface area contributed by atoms with Gasteiger partial charge in [-0.25, -0.2) is 4.79 Å². The molecule has 1 fully saturated rings. The van der Waals surface area contributed by atoms with Crippen molar-refractivity contribution in [2.75, 3.05) is 11.4 Å². The maximum atomic E-state index is 10.8. The maximum absolute atomic E-state index is 10.8. The van der Waals surface area contributed by atoms with Crippen LogP contribution in [-0.4, -0.2) is 22.6 Å². The zero-order valence-electron chi connectivity index (χ0n) is 10.1. The van der Waals surface area contributed by atoms with E-state index in [9.17, 15) is 4.79 Å². The van der Waals surface area contributed by atoms with E-state index in [0.29, 0.717) is 11.9 Å². The van der Waals surface area contributed by atoms with Gasteiger partial charge in [0.1, 0.15) is 6.26 Å². The largest absolute Gasteiger partial charge is 0.476 e. The van der Waals surface area contributed by atoms with Gasteiger partial charge in [-0.2, -0.15) is 4.98 Å². The number of anilines is 1. The number of piperidine rings is 1. The monoisotopic (exact) mass is 248 g/mol. The van der Waals surface area contributed by atoms with Gasteiger partial charge in [-0.1, -0.05) is 6.08 Å². The van der Waals surface area contributed by atoms with E-state index in [1.54, 1.807) is 0 Å². The van der Waals surface area contributed by atoms with E-state index in [-0.39, 0.29) is 5.69 Å². The highest BCUT2D eigenvalue weighted by molar-refractivity contribution is 5.85. The lowest BCUT2D eigenvalue weighted by Crippen LogP contribution is -2.34. The number of fused-ring (bicyclic) bond motifs is 1. The molecule has 0 aromatic carbocycles. The standard InChI is InChI=1S/C13H16N2O3/c16-12(17)10-8-18-13(14-10)15-7-3-5-9-4-1-2-6-11(9)15/h6,8-9H,1-5,7H2,(H,16,17). The number of carboxylic acid groups (broad SMARTS) is 1. The molecule has 0 bridgehead atoms. The molecule has 3 rings (SSSR count). The summed E-state index contributed by atoms with van der Waals surface area (Å²) in [5.41, 5.74) is 1.25. The first-order chi connectivity index (χ1) is 8.75. The summed E-state index contributed by atoms with van der Waals surface area (Å²) in [6, 6.07) is 0.422. The maximum Gasteiger partial charge on any atom is 0.357 e. The molecule has 1 saturated heterocycles. The van der Waals surface area contributed by atoms with E-state index < -0.39 is 5.97 Å². The molecule has 0 spiro atoms. The molecule has 1 aliphatic carbocycles. The molecular formula is C13H16N2O3. The van der Waals surface area contributed by atoms with Crippen LogP contribution < -0.4 is 4.90 Å². The lowest BCUT2D eigenvalue weighted by atomic mass is 9.85. The number of allylic oxidation sites excluding steroid dienone is 2. The first-order valence-corrected chi connectivity index (χ1v) is 6.42. The van der Waals surface area contributed by atoms with E-state index in [0.717, 1.165) is 19.4 Å². The molecule has 0 saturated carbocycles. The number of oxazole rings is 1. The van der Waals surface area contributed by atoms with Crippen LogP contribution in [0, 0.1) is 5.92 Å². The summed E-state index contributed by atoms with van der Waals surface area (Å²) >= 11 is 0. The minimum absolute atomic E-state index is 0.0245. The lowest BCUT2D eigenvalue weighted by molar-refractivity contribution is 0.0690. The van der Waals surface area contributed by atoms with Gasteiger partial charge in [-0.15, -0.1) is 0 Å². The fraction of sp³-hybridized carbons (Fsp3) is 0.538. The topological polar surface area (TPSA) is 66.6 Å². The SMILES string of the molecule is O=C(O)c1coc(N2CCCC3CCCC=C32)n1. The molecule has 1 atom stereocenters. The predicted octanol–water partition coefficient (Wildman–Crippen LogP) is 2.66. The molecule has 5 nitrogen and oxygen atoms in total. The van der Waals surface area contributed by atoms with Crippen molar-refractivity contribution in [3.05, 3.63) is 23.7 Å². The molecule has 18 heavy (non-hydrogen) atoms. The van der Waals surface area contributed by atoms with E-state index >= 15 is 0 Å². The van der Waals surface area contributed by atoms with Crippen molar-refractivity contribution in [2.24, 2.45) is 5.92 Å². The van der Waals surface area contributed by atoms with Crippen LogP contribution in [0.3, 0.4) is 0 Å². The fourth-order valence-corrected chi connectivity index (χ4v) is 2.87. The van der Waals surface area contributed by atoms with E-state index in [2.05, 4.69) is 11.1 Å². The second-order valence-corrected chi connectivity index (χ2v) is 4.87. The molecular weight excluding hydrogens is 232 g/mol. The molecule has 0 amide bonds. The summed E-state index contributed by atoms with van der Waals surface area (Å²) in [6.07, 6.45) is 9.34. The summed E-state index contributed by atoms with van der Waals surface area (Å²) in [5.74, 6) is -0.455. The molecule has 2 heterocycles. The Bertz CT molecular complexity index is 492. The number of carboxylic acids is 1. The first-order valence-electron chi connectivity index (χ1n) is 6.42. The quantitative estimate of drug-likeness (QED) is 0.871. The first kappa shape index (κ1) is 11.3. The zero-order chi connectivity index (χ0) is 12.5. The number of rotatable bonds is 2. The van der Waals surface area contributed by atoms with Crippen LogP contribution in [0.1, 0.15) is 42.6 Å². The molecule has 0 radical (unpaired) electrons. The van der Waals surface area contributed by atoms with Crippen LogP contribution in [0.15, 0.2) is 22.5 Å². The molecule has 96 valence electrons. The van der Waals surface area contributed by atoms with Gasteiger partial charge in [0.2, 0.25) is 0 Å². The highest BCUT2D eigenvalue weighted by atomic mass is 16.4. The van der Waals surface area contributed by atoms with Crippen LogP contribution in [0.5, 0.6) is 0 Å². The Morgan fingerprint density at radius 3 is 3.06 bits per heavy atom. The molecule has 1 aromatic heterocycles. The third-order valence-electron chi connectivity index (χ3n) is 3.72. The number of carbonyl (C=O) groups is 1. The van der Waals surface area contributed by atoms with E-state index in [4.69, 9.17) is 9.52 Å². The van der Waals surface area contributed by atoms with E-state index in [1.165, 1.54) is 31.2 Å². The number of aromatic carboxylic acids is 1. The third-order valence-corrected chi connectivity index (χ3v) is 3.72. The third kappa shape index (κ3) is 1.89. The van der Waals surface area contributed by atoms with Gasteiger partial charge >= 0.3 is 12.0 Å². The van der Waals surface area contributed by atoms with Gasteiger partial charge < -0.3 is 9.52 Å². The van der Waals surface area contributed by atoms with Crippen molar-refractivity contribution in [1.29, 1.82) is 0 Å². The van der Waals surface area contributed by atoms with Gasteiger partial charge in [-0.05, 0) is 38.0 Å². The van der Waals surface area contributed by atoms with Gasteiger partial charge in [0.05, 0.1) is 0 Å². The van der Waals surface area contributed by atoms with Gasteiger partial charge in [-0.3, -0.25) is 4.90 Å². The number of aromatic nitrogens is 1. The number of hydrogen-bond acceptors (Lipinski definition) is 4. The van der Waals surface area contributed by atoms with Crippen LogP contribution in [0.4, 0.5) is 6.01 Å². The molecule has 2 aliphatic rings. The van der Waals surface area contributed by atoms with Crippen molar-refractivity contribution in [1.82, 2.24) is 4.98 Å². The van der Waals surface area contributed by atoms with Crippen LogP contribution >= 0.6 is 0 Å². The smallest absolute Gasteiger partial charge is 0.357 e. The summed E-state index contributed by atoms with van der Waals surface area (Å²) in [4.78, 5) is 16.9. The normalized spacial score (nSPS) is 23.4. The summed E-state index contributed by atoms with van der Waals surface area (Å²) in [6.45, 7) is 0.863. The van der Waals surface area contributed by atoms with Crippen molar-refractivity contribution in [3.8, 4) is 0 Å². The molecule has 1 unspecified atom stereocenters. The summed E-state index contributed by atoms with van der Waals surface area (Å²) in [5, 5.41) is 8.87. The van der Waals surface area contributed by atoms with E-state index in [1.807, 2.05) is 4.90 Å². The lowest BCUT2D eigenvalue weighted by Gasteiger charge is -2.36. The number of hydrogen-bond donors (Lipinski definition) is 1. The molecule has 1 N–H and O–H groups in total. The Hall–Kier alpha value is -1.78. The second kappa shape index (κ2) is 4.48. The molecule has 5 heteroatoms. The Balaban J connectivity index is 1.89. The predicted molar refractivity (Wildman–Crippen MR) is 65.5 cm³/mol. The molecule has 1 aromatic rings. The highest BCUT2D eigenvalue weighted by Gasteiger charge is 2.30. The fourth-order valence-electron chi connectivity index (χ4n) is 2.87. The van der Waals surface area contributed by atoms with Gasteiger partial charge in [0.25, 0.3) is 0 Å². The minimum Gasteiger partial charge on any atom is -0.476 e.